The molecule has 2 aromatic rings. The van der Waals surface area contributed by atoms with Gasteiger partial charge in [0, 0.05) is 5.02 Å². The average molecular weight is 334 g/mol. The second kappa shape index (κ2) is 7.65. The molecule has 0 aliphatic rings. The van der Waals surface area contributed by atoms with Crippen molar-refractivity contribution in [2.45, 2.75) is 13.8 Å². The first-order chi connectivity index (χ1) is 11.0. The van der Waals surface area contributed by atoms with Crippen LogP contribution in [-0.4, -0.2) is 18.7 Å². The monoisotopic (exact) mass is 333 g/mol. The minimum Gasteiger partial charge on any atom is -0.450 e. The standard InChI is InChI=1S/C17H16ClNO4/c1-3-22-17(21)19-14-6-4-5-11(2)15(14)23-16(20)12-7-9-13(18)10-8-12/h4-10H,3H2,1-2H3,(H,19,21). The summed E-state index contributed by atoms with van der Waals surface area (Å²) in [6.07, 6.45) is -0.609. The van der Waals surface area contributed by atoms with Crippen molar-refractivity contribution >= 4 is 29.4 Å². The molecule has 0 saturated carbocycles. The number of hydrogen-bond acceptors (Lipinski definition) is 4. The van der Waals surface area contributed by atoms with Crippen LogP contribution >= 0.6 is 11.6 Å². The van der Waals surface area contributed by atoms with E-state index in [-0.39, 0.29) is 12.4 Å². The van der Waals surface area contributed by atoms with Crippen LogP contribution in [0.25, 0.3) is 0 Å². The van der Waals surface area contributed by atoms with Crippen molar-refractivity contribution in [3.8, 4) is 5.75 Å². The van der Waals surface area contributed by atoms with E-state index in [1.54, 1.807) is 56.3 Å². The minimum atomic E-state index is -0.609. The van der Waals surface area contributed by atoms with Crippen LogP contribution in [0.15, 0.2) is 42.5 Å². The number of hydrogen-bond donors (Lipinski definition) is 1. The number of esters is 1. The van der Waals surface area contributed by atoms with Crippen molar-refractivity contribution in [3.63, 3.8) is 0 Å². The fraction of sp³-hybridized carbons (Fsp3) is 0.176. The Hall–Kier alpha value is -2.53. The van der Waals surface area contributed by atoms with Crippen LogP contribution in [0.2, 0.25) is 5.02 Å². The molecule has 120 valence electrons. The molecule has 0 fully saturated rings. The Morgan fingerprint density at radius 3 is 2.48 bits per heavy atom. The lowest BCUT2D eigenvalue weighted by Crippen LogP contribution is -2.16. The van der Waals surface area contributed by atoms with Gasteiger partial charge in [-0.15, -0.1) is 0 Å². The Balaban J connectivity index is 2.22. The van der Waals surface area contributed by atoms with Gasteiger partial charge in [-0.3, -0.25) is 5.32 Å². The van der Waals surface area contributed by atoms with Crippen LogP contribution in [-0.2, 0) is 4.74 Å². The summed E-state index contributed by atoms with van der Waals surface area (Å²) in [5.41, 5.74) is 1.44. The van der Waals surface area contributed by atoms with Gasteiger partial charge in [0.25, 0.3) is 0 Å². The third-order valence-corrected chi connectivity index (χ3v) is 3.25. The quantitative estimate of drug-likeness (QED) is 0.663. The van der Waals surface area contributed by atoms with Crippen molar-refractivity contribution in [2.75, 3.05) is 11.9 Å². The highest BCUT2D eigenvalue weighted by molar-refractivity contribution is 6.30. The third kappa shape index (κ3) is 4.47. The zero-order chi connectivity index (χ0) is 16.8. The van der Waals surface area contributed by atoms with Crippen molar-refractivity contribution in [2.24, 2.45) is 0 Å². The van der Waals surface area contributed by atoms with Gasteiger partial charge in [0.1, 0.15) is 0 Å². The SMILES string of the molecule is CCOC(=O)Nc1cccc(C)c1OC(=O)c1ccc(Cl)cc1. The largest absolute Gasteiger partial charge is 0.450 e. The van der Waals surface area contributed by atoms with Crippen LogP contribution in [0, 0.1) is 6.92 Å². The Labute approximate surface area is 139 Å². The second-order valence-corrected chi connectivity index (χ2v) is 5.13. The Morgan fingerprint density at radius 1 is 1.13 bits per heavy atom. The molecular weight excluding hydrogens is 318 g/mol. The molecule has 0 aliphatic carbocycles. The van der Waals surface area contributed by atoms with Gasteiger partial charge in [-0.1, -0.05) is 23.7 Å². The van der Waals surface area contributed by atoms with E-state index < -0.39 is 12.1 Å². The van der Waals surface area contributed by atoms with Crippen molar-refractivity contribution in [1.29, 1.82) is 0 Å². The molecule has 0 saturated heterocycles. The summed E-state index contributed by atoms with van der Waals surface area (Å²) in [5, 5.41) is 3.09. The van der Waals surface area contributed by atoms with E-state index in [0.717, 1.165) is 0 Å². The first-order valence-corrected chi connectivity index (χ1v) is 7.40. The maximum Gasteiger partial charge on any atom is 0.411 e. The average Bonchev–Trinajstić information content (AvgIpc) is 2.51. The van der Waals surface area contributed by atoms with Crippen LogP contribution in [0.3, 0.4) is 0 Å². The molecule has 1 amide bonds. The topological polar surface area (TPSA) is 64.6 Å². The van der Waals surface area contributed by atoms with Crippen molar-refractivity contribution < 1.29 is 19.1 Å². The Bertz CT molecular complexity index is 713. The van der Waals surface area contributed by atoms with Crippen molar-refractivity contribution in [1.82, 2.24) is 0 Å². The molecule has 2 aromatic carbocycles. The van der Waals surface area contributed by atoms with Gasteiger partial charge in [-0.05, 0) is 49.7 Å². The summed E-state index contributed by atoms with van der Waals surface area (Å²) in [7, 11) is 0. The molecule has 0 heterocycles. The predicted molar refractivity (Wildman–Crippen MR) is 88.2 cm³/mol. The predicted octanol–water partition coefficient (Wildman–Crippen LogP) is 4.44. The number of benzene rings is 2. The van der Waals surface area contributed by atoms with Crippen LogP contribution < -0.4 is 10.1 Å². The van der Waals surface area contributed by atoms with Gasteiger partial charge >= 0.3 is 12.1 Å². The number of nitrogens with one attached hydrogen (secondary N) is 1. The second-order valence-electron chi connectivity index (χ2n) is 4.69. The molecule has 0 unspecified atom stereocenters. The molecule has 2 rings (SSSR count). The molecule has 5 nitrogen and oxygen atoms in total. The summed E-state index contributed by atoms with van der Waals surface area (Å²) in [5.74, 6) is -0.261. The van der Waals surface area contributed by atoms with Gasteiger partial charge in [0.15, 0.2) is 5.75 Å². The lowest BCUT2D eigenvalue weighted by atomic mass is 10.2. The number of rotatable bonds is 4. The Kier molecular flexibility index (Phi) is 5.60. The van der Waals surface area contributed by atoms with Gasteiger partial charge in [0.05, 0.1) is 17.9 Å². The van der Waals surface area contributed by atoms with E-state index >= 15 is 0 Å². The van der Waals surface area contributed by atoms with E-state index in [9.17, 15) is 9.59 Å². The zero-order valence-corrected chi connectivity index (χ0v) is 13.5. The summed E-state index contributed by atoms with van der Waals surface area (Å²) in [4.78, 5) is 23.8. The smallest absolute Gasteiger partial charge is 0.411 e. The normalized spacial score (nSPS) is 10.0. The summed E-state index contributed by atoms with van der Waals surface area (Å²) < 4.78 is 10.3. The number of amides is 1. The zero-order valence-electron chi connectivity index (χ0n) is 12.8. The number of ether oxygens (including phenoxy) is 2. The summed E-state index contributed by atoms with van der Waals surface area (Å²) in [6.45, 7) is 3.73. The molecule has 23 heavy (non-hydrogen) atoms. The Morgan fingerprint density at radius 2 is 1.83 bits per heavy atom. The van der Waals surface area contributed by atoms with E-state index in [1.807, 2.05) is 0 Å². The first-order valence-electron chi connectivity index (χ1n) is 7.02. The lowest BCUT2D eigenvalue weighted by molar-refractivity contribution is 0.0734. The summed E-state index contributed by atoms with van der Waals surface area (Å²) in [6, 6.07) is 11.5. The molecule has 0 spiro atoms. The van der Waals surface area contributed by atoms with Crippen molar-refractivity contribution in [3.05, 3.63) is 58.6 Å². The highest BCUT2D eigenvalue weighted by Gasteiger charge is 2.15. The maximum atomic E-state index is 12.2. The lowest BCUT2D eigenvalue weighted by Gasteiger charge is -2.13. The molecule has 0 atom stereocenters. The first kappa shape index (κ1) is 16.8. The van der Waals surface area contributed by atoms with Gasteiger partial charge < -0.3 is 9.47 Å². The number of carbonyl (C=O) groups excluding carboxylic acids is 2. The van der Waals surface area contributed by atoms with E-state index in [1.165, 1.54) is 0 Å². The molecule has 0 radical (unpaired) electrons. The summed E-state index contributed by atoms with van der Waals surface area (Å²) >= 11 is 5.80. The fourth-order valence-electron chi connectivity index (χ4n) is 1.90. The minimum absolute atomic E-state index is 0.248. The maximum absolute atomic E-state index is 12.2. The third-order valence-electron chi connectivity index (χ3n) is 3.00. The van der Waals surface area contributed by atoms with Crippen LogP contribution in [0.4, 0.5) is 10.5 Å². The number of anilines is 1. The fourth-order valence-corrected chi connectivity index (χ4v) is 2.03. The number of carbonyl (C=O) groups is 2. The van der Waals surface area contributed by atoms with Gasteiger partial charge in [-0.2, -0.15) is 0 Å². The van der Waals surface area contributed by atoms with Gasteiger partial charge in [-0.25, -0.2) is 9.59 Å². The van der Waals surface area contributed by atoms with E-state index in [2.05, 4.69) is 5.32 Å². The molecular formula is C17H16ClNO4. The molecule has 0 aliphatic heterocycles. The molecule has 1 N–H and O–H groups in total. The number of para-hydroxylation sites is 1. The van der Waals surface area contributed by atoms with Gasteiger partial charge in [0.2, 0.25) is 0 Å². The van der Waals surface area contributed by atoms with Crippen LogP contribution in [0.1, 0.15) is 22.8 Å². The highest BCUT2D eigenvalue weighted by atomic mass is 35.5. The molecule has 6 heteroatoms. The van der Waals surface area contributed by atoms with E-state index in [4.69, 9.17) is 21.1 Å². The molecule has 0 bridgehead atoms. The highest BCUT2D eigenvalue weighted by Crippen LogP contribution is 2.29. The number of halogens is 1. The molecule has 0 aromatic heterocycles. The van der Waals surface area contributed by atoms with E-state index in [0.29, 0.717) is 21.8 Å². The van der Waals surface area contributed by atoms with Crippen LogP contribution in [0.5, 0.6) is 5.75 Å². The number of aryl methyl sites for hydroxylation is 1.